The smallest absolute Gasteiger partial charge is 0.270 e. The summed E-state index contributed by atoms with van der Waals surface area (Å²) in [4.78, 5) is 26.1. The summed E-state index contributed by atoms with van der Waals surface area (Å²) in [5, 5.41) is 0. The number of hydrogen-bond acceptors (Lipinski definition) is 5. The Kier molecular flexibility index (Phi) is 5.97. The first-order valence-electron chi connectivity index (χ1n) is 9.31. The van der Waals surface area contributed by atoms with E-state index in [1.54, 1.807) is 36.0 Å². The van der Waals surface area contributed by atoms with Crippen molar-refractivity contribution in [3.8, 4) is 5.75 Å². The van der Waals surface area contributed by atoms with Crippen LogP contribution in [0.5, 0.6) is 5.75 Å². The molecule has 9 heteroatoms. The Bertz CT molecular complexity index is 992. The van der Waals surface area contributed by atoms with Crippen molar-refractivity contribution >= 4 is 21.7 Å². The van der Waals surface area contributed by atoms with E-state index >= 15 is 0 Å². The highest BCUT2D eigenvalue weighted by Gasteiger charge is 2.32. The van der Waals surface area contributed by atoms with Crippen LogP contribution in [0, 0.1) is 13.8 Å². The van der Waals surface area contributed by atoms with E-state index < -0.39 is 9.84 Å². The molecule has 2 heterocycles. The molecule has 0 spiro atoms. The lowest BCUT2D eigenvalue weighted by atomic mass is 10.2. The van der Waals surface area contributed by atoms with Crippen LogP contribution in [0.3, 0.4) is 0 Å². The Morgan fingerprint density at radius 1 is 1.14 bits per heavy atom. The van der Waals surface area contributed by atoms with Crippen molar-refractivity contribution in [3.63, 3.8) is 0 Å². The fourth-order valence-electron chi connectivity index (χ4n) is 3.24. The van der Waals surface area contributed by atoms with Gasteiger partial charge in [0.15, 0.2) is 16.4 Å². The molecule has 1 atom stereocenters. The number of likely N-dealkylation sites (N-methyl/N-ethyl adjacent to an activating group) is 1. The summed E-state index contributed by atoms with van der Waals surface area (Å²) in [5.74, 6) is 0.0292. The molecule has 0 aliphatic carbocycles. The summed E-state index contributed by atoms with van der Waals surface area (Å²) in [6.45, 7) is 3.61. The number of nitrogens with zero attached hydrogens (tertiary/aromatic N) is 2. The minimum Gasteiger partial charge on any atom is -0.484 e. The van der Waals surface area contributed by atoms with Gasteiger partial charge >= 0.3 is 0 Å². The lowest BCUT2D eigenvalue weighted by Gasteiger charge is -2.23. The first kappa shape index (κ1) is 20.9. The number of ether oxygens (including phenoxy) is 1. The Labute approximate surface area is 170 Å². The first-order chi connectivity index (χ1) is 13.7. The second-order valence-corrected chi connectivity index (χ2v) is 9.50. The molecule has 0 radical (unpaired) electrons. The maximum absolute atomic E-state index is 12.4. The Morgan fingerprint density at radius 3 is 2.31 bits per heavy atom. The second-order valence-electron chi connectivity index (χ2n) is 7.27. The quantitative estimate of drug-likeness (QED) is 0.766. The average molecular weight is 420 g/mol. The third kappa shape index (κ3) is 4.97. The molecule has 2 amide bonds. The number of rotatable bonds is 6. The summed E-state index contributed by atoms with van der Waals surface area (Å²) in [5.41, 5.74) is 5.14. The number of benzene rings is 1. The van der Waals surface area contributed by atoms with Crippen molar-refractivity contribution in [2.75, 3.05) is 30.6 Å². The predicted molar refractivity (Wildman–Crippen MR) is 109 cm³/mol. The lowest BCUT2D eigenvalue weighted by Crippen LogP contribution is -2.40. The third-order valence-electron chi connectivity index (χ3n) is 5.11. The molecule has 1 N–H and O–H groups in total. The molecule has 1 aliphatic heterocycles. The topological polar surface area (TPSA) is 97.7 Å². The molecule has 0 bridgehead atoms. The van der Waals surface area contributed by atoms with E-state index in [0.717, 1.165) is 11.4 Å². The molecule has 3 rings (SSSR count). The van der Waals surface area contributed by atoms with Gasteiger partial charge in [0.25, 0.3) is 11.8 Å². The fraction of sp³-hybridized carbons (Fsp3) is 0.400. The molecule has 8 nitrogen and oxygen atoms in total. The number of nitrogens with one attached hydrogen (secondary N) is 1. The van der Waals surface area contributed by atoms with Gasteiger partial charge < -0.3 is 9.64 Å². The number of carbonyl (C=O) groups is 2. The van der Waals surface area contributed by atoms with Gasteiger partial charge in [-0.1, -0.05) is 0 Å². The molecule has 0 saturated carbocycles. The van der Waals surface area contributed by atoms with Gasteiger partial charge in [-0.15, -0.1) is 0 Å². The SMILES string of the molecule is Cc1ccc(C)n1NC(=O)c1ccc(OCC(=O)N(C)[C@@H]2CCS(=O)(=O)C2)cc1. The van der Waals surface area contributed by atoms with Gasteiger partial charge in [-0.05, 0) is 56.7 Å². The van der Waals surface area contributed by atoms with Crippen molar-refractivity contribution in [2.24, 2.45) is 0 Å². The highest BCUT2D eigenvalue weighted by Crippen LogP contribution is 2.17. The maximum atomic E-state index is 12.4. The van der Waals surface area contributed by atoms with Crippen LogP contribution < -0.4 is 10.2 Å². The van der Waals surface area contributed by atoms with Crippen LogP contribution in [0.1, 0.15) is 28.2 Å². The van der Waals surface area contributed by atoms with Crippen LogP contribution in [-0.2, 0) is 14.6 Å². The molecule has 29 heavy (non-hydrogen) atoms. The van der Waals surface area contributed by atoms with Crippen molar-refractivity contribution in [3.05, 3.63) is 53.3 Å². The summed E-state index contributed by atoms with van der Waals surface area (Å²) in [6.07, 6.45) is 0.453. The molecular formula is C20H25N3O5S. The number of hydrogen-bond donors (Lipinski definition) is 1. The predicted octanol–water partition coefficient (Wildman–Crippen LogP) is 1.51. The van der Waals surface area contributed by atoms with Gasteiger partial charge in [0.1, 0.15) is 5.75 Å². The van der Waals surface area contributed by atoms with Gasteiger partial charge in [0.05, 0.1) is 11.5 Å². The number of aromatic nitrogens is 1. The Balaban J connectivity index is 1.54. The molecule has 1 fully saturated rings. The van der Waals surface area contributed by atoms with E-state index in [1.165, 1.54) is 4.90 Å². The molecule has 0 unspecified atom stereocenters. The van der Waals surface area contributed by atoms with Crippen LogP contribution in [0.4, 0.5) is 0 Å². The van der Waals surface area contributed by atoms with Gasteiger partial charge in [-0.3, -0.25) is 19.7 Å². The number of carbonyl (C=O) groups excluding carboxylic acids is 2. The first-order valence-corrected chi connectivity index (χ1v) is 11.1. The number of sulfone groups is 1. The van der Waals surface area contributed by atoms with Crippen LogP contribution in [0.2, 0.25) is 0 Å². The monoisotopic (exact) mass is 419 g/mol. The van der Waals surface area contributed by atoms with Gasteiger partial charge in [0, 0.05) is 30.0 Å². The molecule has 2 aromatic rings. The zero-order valence-corrected chi connectivity index (χ0v) is 17.5. The Morgan fingerprint density at radius 2 is 1.76 bits per heavy atom. The van der Waals surface area contributed by atoms with Gasteiger partial charge in [-0.2, -0.15) is 0 Å². The molecule has 156 valence electrons. The fourth-order valence-corrected chi connectivity index (χ4v) is 5.02. The highest BCUT2D eigenvalue weighted by molar-refractivity contribution is 7.91. The normalized spacial score (nSPS) is 17.7. The lowest BCUT2D eigenvalue weighted by molar-refractivity contribution is -0.133. The molecule has 1 saturated heterocycles. The summed E-state index contributed by atoms with van der Waals surface area (Å²) >= 11 is 0. The van der Waals surface area contributed by atoms with E-state index in [9.17, 15) is 18.0 Å². The van der Waals surface area contributed by atoms with Crippen molar-refractivity contribution < 1.29 is 22.7 Å². The average Bonchev–Trinajstić information content (AvgIpc) is 3.21. The molecule has 1 aromatic heterocycles. The largest absolute Gasteiger partial charge is 0.484 e. The van der Waals surface area contributed by atoms with Gasteiger partial charge in [0.2, 0.25) is 0 Å². The summed E-state index contributed by atoms with van der Waals surface area (Å²) in [7, 11) is -1.46. The molecule has 1 aromatic carbocycles. The maximum Gasteiger partial charge on any atom is 0.270 e. The summed E-state index contributed by atoms with van der Waals surface area (Å²) in [6, 6.07) is 10.0. The number of amides is 2. The van der Waals surface area contributed by atoms with Crippen LogP contribution >= 0.6 is 0 Å². The Hall–Kier alpha value is -2.81. The van der Waals surface area contributed by atoms with Crippen molar-refractivity contribution in [1.82, 2.24) is 9.58 Å². The van der Waals surface area contributed by atoms with Crippen molar-refractivity contribution in [2.45, 2.75) is 26.3 Å². The zero-order valence-electron chi connectivity index (χ0n) is 16.7. The van der Waals surface area contributed by atoms with E-state index in [0.29, 0.717) is 17.7 Å². The van der Waals surface area contributed by atoms with Crippen LogP contribution in [0.15, 0.2) is 36.4 Å². The van der Waals surface area contributed by atoms with E-state index in [2.05, 4.69) is 5.43 Å². The molecule has 1 aliphatic rings. The summed E-state index contributed by atoms with van der Waals surface area (Å²) < 4.78 is 30.4. The zero-order chi connectivity index (χ0) is 21.2. The number of aryl methyl sites for hydroxylation is 2. The van der Waals surface area contributed by atoms with Crippen LogP contribution in [0.25, 0.3) is 0 Å². The molecular weight excluding hydrogens is 394 g/mol. The standard InChI is InChI=1S/C20H25N3O5S/c1-14-4-5-15(2)23(14)21-20(25)16-6-8-18(9-7-16)28-12-19(24)22(3)17-10-11-29(26,27)13-17/h4-9,17H,10-13H2,1-3H3,(H,21,25)/t17-/m1/s1. The third-order valence-corrected chi connectivity index (χ3v) is 6.86. The second kappa shape index (κ2) is 8.28. The minimum absolute atomic E-state index is 0.000603. The van der Waals surface area contributed by atoms with E-state index in [-0.39, 0.29) is 36.0 Å². The van der Waals surface area contributed by atoms with Gasteiger partial charge in [-0.25, -0.2) is 8.42 Å². The van der Waals surface area contributed by atoms with E-state index in [4.69, 9.17) is 4.74 Å². The minimum atomic E-state index is -3.05. The van der Waals surface area contributed by atoms with Crippen LogP contribution in [-0.4, -0.2) is 61.0 Å². The van der Waals surface area contributed by atoms with E-state index in [1.807, 2.05) is 26.0 Å². The highest BCUT2D eigenvalue weighted by atomic mass is 32.2. The van der Waals surface area contributed by atoms with Crippen molar-refractivity contribution in [1.29, 1.82) is 0 Å².